The molecule has 15 aliphatic carbocycles. The van der Waals surface area contributed by atoms with Crippen molar-refractivity contribution in [2.24, 2.45) is 156 Å². The summed E-state index contributed by atoms with van der Waals surface area (Å²) < 4.78 is 46.9. The van der Waals surface area contributed by atoms with Crippen LogP contribution in [-0.4, -0.2) is 82.5 Å². The Hall–Kier alpha value is -3.26. The Bertz CT molecular complexity index is 3290. The normalized spacial score (nSPS) is 34.1. The van der Waals surface area contributed by atoms with Crippen LogP contribution in [0.5, 0.6) is 0 Å². The van der Waals surface area contributed by atoms with E-state index in [1.807, 2.05) is 159 Å². The van der Waals surface area contributed by atoms with Gasteiger partial charge >= 0.3 is 35.8 Å². The summed E-state index contributed by atoms with van der Waals surface area (Å²) in [5.41, 5.74) is -2.63. The minimum Gasteiger partial charge on any atom is -0.460 e. The van der Waals surface area contributed by atoms with Crippen LogP contribution in [-0.2, 0) is 66.7 Å². The van der Waals surface area contributed by atoms with Crippen molar-refractivity contribution in [2.75, 3.05) is 0 Å². The van der Waals surface area contributed by atoms with Crippen LogP contribution in [0.25, 0.3) is 0 Å². The molecule has 14 bridgehead atoms. The molecule has 15 aliphatic rings. The first-order chi connectivity index (χ1) is 52.4. The fourth-order valence-corrected chi connectivity index (χ4v) is 25.5. The van der Waals surface area contributed by atoms with Gasteiger partial charge in [-0.3, -0.25) is 28.8 Å². The maximum Gasteiger partial charge on any atom is 0.313 e. The van der Waals surface area contributed by atoms with Crippen LogP contribution in [0.4, 0.5) is 0 Å². The number of carbonyl (C=O) groups is 6. The highest BCUT2D eigenvalue weighted by molar-refractivity contribution is 5.78. The summed E-state index contributed by atoms with van der Waals surface area (Å²) in [6, 6.07) is 0. The molecule has 0 N–H and O–H groups in total. The number of hydrogen-bond acceptors (Lipinski definition) is 14. The molecule has 15 saturated carbocycles. The predicted octanol–water partition coefficient (Wildman–Crippen LogP) is 32.5. The highest BCUT2D eigenvalue weighted by atomic mass is 16.7. The number of carbonyl (C=O) groups excluding carboxylic acids is 6. The van der Waals surface area contributed by atoms with Crippen molar-refractivity contribution < 1.29 is 66.7 Å². The molecule has 15 rings (SSSR count). The van der Waals surface area contributed by atoms with Gasteiger partial charge in [0.25, 0.3) is 0 Å². The van der Waals surface area contributed by atoms with Crippen LogP contribution in [0.3, 0.4) is 0 Å². The van der Waals surface area contributed by atoms with E-state index in [4.69, 9.17) is 37.9 Å². The lowest BCUT2D eigenvalue weighted by molar-refractivity contribution is -0.248. The van der Waals surface area contributed by atoms with E-state index in [2.05, 4.69) is 62.3 Å². The fraction of sp³-hybridized carbons (Fsp3) is 0.946. The summed E-state index contributed by atoms with van der Waals surface area (Å²) in [7, 11) is 0. The van der Waals surface area contributed by atoms with Gasteiger partial charge in [-0.05, 0) is 430 Å². The number of fused-ring (bicyclic) bond motifs is 19. The van der Waals surface area contributed by atoms with Crippen molar-refractivity contribution in [3.05, 3.63) is 0 Å². The van der Waals surface area contributed by atoms with Crippen LogP contribution in [0.15, 0.2) is 0 Å². The molecule has 126 heavy (non-hydrogen) atoms. The molecule has 0 aliphatic heterocycles. The molecule has 0 aromatic heterocycles. The Balaban J connectivity index is -0.000000705. The van der Waals surface area contributed by atoms with Crippen LogP contribution in [0.2, 0.25) is 0 Å². The third-order valence-corrected chi connectivity index (χ3v) is 35.2. The Morgan fingerprint density at radius 3 is 1.14 bits per heavy atom. The largest absolute Gasteiger partial charge is 0.460 e. The number of hydrogen-bond donors (Lipinski definition) is 0. The first kappa shape index (κ1) is 129. The van der Waals surface area contributed by atoms with Crippen LogP contribution >= 0.6 is 0 Å². The molecule has 0 amide bonds. The summed E-state index contributed by atoms with van der Waals surface area (Å²) >= 11 is 0. The van der Waals surface area contributed by atoms with Gasteiger partial charge in [0.1, 0.15) is 22.4 Å². The molecule has 0 aromatic rings. The summed E-state index contributed by atoms with van der Waals surface area (Å²) in [5, 5.41) is 0. The van der Waals surface area contributed by atoms with E-state index in [1.54, 1.807) is 0 Å². The number of esters is 6. The van der Waals surface area contributed by atoms with Crippen molar-refractivity contribution in [2.45, 2.75) is 531 Å². The number of rotatable bonds is 22. The van der Waals surface area contributed by atoms with Gasteiger partial charge < -0.3 is 37.9 Å². The zero-order valence-corrected chi connectivity index (χ0v) is 79.0. The molecule has 0 saturated heterocycles. The van der Waals surface area contributed by atoms with Crippen LogP contribution in [0, 0.1) is 156 Å². The zero-order valence-electron chi connectivity index (χ0n) is 79.0. The van der Waals surface area contributed by atoms with Gasteiger partial charge in [-0.15, -0.1) is 0 Å². The topological polar surface area (TPSA) is 176 Å². The highest BCUT2D eigenvalue weighted by Gasteiger charge is 2.71. The maximum absolute atomic E-state index is 12.7. The smallest absolute Gasteiger partial charge is 0.313 e. The Labute approximate surface area is 784 Å². The van der Waals surface area contributed by atoms with Crippen molar-refractivity contribution >= 4 is 35.8 Å². The third-order valence-electron chi connectivity index (χ3n) is 35.2. The van der Waals surface area contributed by atoms with Gasteiger partial charge in [0.05, 0.1) is 44.2 Å². The van der Waals surface area contributed by atoms with Gasteiger partial charge in [-0.25, -0.2) is 0 Å². The molecular formula is C112H220O14. The molecule has 1 spiro atoms. The molecular weight excluding hydrogens is 1570 g/mol. The molecule has 21 atom stereocenters. The van der Waals surface area contributed by atoms with E-state index >= 15 is 0 Å². The van der Waals surface area contributed by atoms with Gasteiger partial charge in [-0.2, -0.15) is 0 Å². The van der Waals surface area contributed by atoms with E-state index in [0.717, 1.165) is 146 Å². The maximum atomic E-state index is 12.7. The van der Waals surface area contributed by atoms with E-state index < -0.39 is 23.4 Å². The zero-order chi connectivity index (χ0) is 85.4. The molecule has 14 nitrogen and oxygen atoms in total. The second-order valence-corrected chi connectivity index (χ2v) is 47.3. The summed E-state index contributed by atoms with van der Waals surface area (Å²) in [6.45, 7) is 65.0. The molecule has 14 heteroatoms. The quantitative estimate of drug-likeness (QED) is 0.0433. The minimum absolute atomic E-state index is 0. The van der Waals surface area contributed by atoms with Gasteiger partial charge in [0, 0.05) is 11.8 Å². The third kappa shape index (κ3) is 27.1. The second-order valence-electron chi connectivity index (χ2n) is 47.3. The second kappa shape index (κ2) is 47.3. The molecule has 0 heterocycles. The summed E-state index contributed by atoms with van der Waals surface area (Å²) in [4.78, 5) is 73.0. The fourth-order valence-electron chi connectivity index (χ4n) is 25.5. The van der Waals surface area contributed by atoms with Crippen molar-refractivity contribution in [3.63, 3.8) is 0 Å². The van der Waals surface area contributed by atoms with Gasteiger partial charge in [0.2, 0.25) is 6.29 Å². The monoisotopic (exact) mass is 1790 g/mol. The molecule has 0 aromatic carbocycles. The van der Waals surface area contributed by atoms with Gasteiger partial charge in [0.15, 0.2) is 6.29 Å². The molecule has 21 unspecified atom stereocenters. The predicted molar refractivity (Wildman–Crippen MR) is 537 cm³/mol. The van der Waals surface area contributed by atoms with Gasteiger partial charge in [-0.1, -0.05) is 165 Å². The molecule has 15 fully saturated rings. The average molecular weight is 1790 g/mol. The average Bonchev–Trinajstić information content (AvgIpc) is 1.53. The minimum atomic E-state index is -0.418. The van der Waals surface area contributed by atoms with E-state index in [-0.39, 0.29) is 180 Å². The first-order valence-corrected chi connectivity index (χ1v) is 47.1. The van der Waals surface area contributed by atoms with Crippen LogP contribution in [0.1, 0.15) is 484 Å². The lowest BCUT2D eigenvalue weighted by atomic mass is 9.54. The molecule has 752 valence electrons. The standard InChI is InChI=1S/C21H36O2.C20H32O3.C19H30O2.C18H30O3.C12H24O2.C10H20O2.12CH4/c1-8-18(3,4)17(22)23-20(7)11-12-21-13-16(20)19(5,6)15(21)10-9-14(21)2;1-5-20(3,4)19(21)23-11(2)22-16-10-14-9-15(16)18-13-7-6-12(8-13)17(14)18;1-5-18(2,3)17(20)21-19(4)10-13-9-14(19)16-12-7-6-11(8-12)15(13)16;1-5-17(3,4)16(19)20-12(2)21-18-9-13-6-14(10-18)8-15(7-13)11-18;1-8-11(4,5)10(13)14-12(6,7)9(2)3;1-7-10(5,6)8(11)12-9(2,3)4;;;;;;;;;;;;/h14-16H,8-13H2,1-7H3;11-18H,5-10H2,1-4H3;11-16H,5-10H2,1-4H3;12-15H,5-11H2,1-4H3;9H,8H2,1-7H3;7H2,1-6H3;12*1H4. The molecule has 0 radical (unpaired) electrons. The lowest BCUT2D eigenvalue weighted by Crippen LogP contribution is -2.53. The highest BCUT2D eigenvalue weighted by Crippen LogP contribution is 2.75. The Kier molecular flexibility index (Phi) is 48.4. The SMILES string of the molecule is C.C.C.C.C.C.C.C.C.C.C.C.CCC(C)(C)C(=O)OC(C)(C)C.CCC(C)(C)C(=O)OC(C)(C)C(C)C.CCC(C)(C)C(=O)OC(C)OC12CC3CC(CC(C3)C1)C2.CCC(C)(C)C(=O)OC(C)OC1CC2CC1C1C3CCC(C3)C21.CCC(C)(C)C(=O)OC1(C)CC2CC1C1C3CCC(C3)C21.CCC(C)(C)C(=O)OC1(C)CCC23CC1C(C)(C)C2CCC3C. The summed E-state index contributed by atoms with van der Waals surface area (Å²) in [6.07, 6.45) is 32.3. The van der Waals surface area contributed by atoms with Crippen molar-refractivity contribution in [1.29, 1.82) is 0 Å². The first-order valence-electron chi connectivity index (χ1n) is 47.1. The van der Waals surface area contributed by atoms with Crippen molar-refractivity contribution in [1.82, 2.24) is 0 Å². The Morgan fingerprint density at radius 1 is 0.357 bits per heavy atom. The lowest BCUT2D eigenvalue weighted by Gasteiger charge is -2.56. The van der Waals surface area contributed by atoms with E-state index in [9.17, 15) is 28.8 Å². The van der Waals surface area contributed by atoms with Crippen molar-refractivity contribution in [3.8, 4) is 0 Å². The van der Waals surface area contributed by atoms with E-state index in [0.29, 0.717) is 29.3 Å². The summed E-state index contributed by atoms with van der Waals surface area (Å²) in [5.74, 6) is 15.5. The van der Waals surface area contributed by atoms with Crippen LogP contribution < -0.4 is 0 Å². The number of ether oxygens (including phenoxy) is 8. The van der Waals surface area contributed by atoms with E-state index in [1.165, 1.54) is 122 Å². The Morgan fingerprint density at radius 2 is 0.730 bits per heavy atom.